The lowest BCUT2D eigenvalue weighted by Gasteiger charge is -2.18. The molecule has 0 bridgehead atoms. The van der Waals surface area contributed by atoms with Crippen molar-refractivity contribution in [2.24, 2.45) is 0 Å². The van der Waals surface area contributed by atoms with Crippen LogP contribution in [0.25, 0.3) is 0 Å². The van der Waals surface area contributed by atoms with Gasteiger partial charge in [-0.2, -0.15) is 0 Å². The van der Waals surface area contributed by atoms with Gasteiger partial charge in [-0.1, -0.05) is 6.58 Å². The Morgan fingerprint density at radius 1 is 1.53 bits per heavy atom. The minimum absolute atomic E-state index is 0.394. The summed E-state index contributed by atoms with van der Waals surface area (Å²) in [5.41, 5.74) is 0. The molecular weight excluding hydrogens is 228 g/mol. The fourth-order valence-corrected chi connectivity index (χ4v) is 2.22. The van der Waals surface area contributed by atoms with Crippen LogP contribution in [0.15, 0.2) is 12.7 Å². The monoisotopic (exact) mass is 248 g/mol. The molecule has 0 aliphatic rings. The number of esters is 1. The van der Waals surface area contributed by atoms with Crippen LogP contribution in [0.4, 0.5) is 0 Å². The molecule has 0 aromatic rings. The third-order valence-corrected chi connectivity index (χ3v) is 7.70. The van der Waals surface area contributed by atoms with Crippen LogP contribution < -0.4 is 0 Å². The smallest absolute Gasteiger partial charge is 0.329 e. The van der Waals surface area contributed by atoms with Gasteiger partial charge in [-0.05, 0) is 19.1 Å². The number of rotatable bonds is 5. The third kappa shape index (κ3) is 13.3. The molecule has 0 unspecified atom stereocenters. The molecule has 0 heterocycles. The molecule has 0 aliphatic carbocycles. The molecule has 0 atom stereocenters. The van der Waals surface area contributed by atoms with Crippen molar-refractivity contribution in [3.05, 3.63) is 12.7 Å². The first-order chi connectivity index (χ1) is 6.93. The van der Waals surface area contributed by atoms with Crippen molar-refractivity contribution < 1.29 is 18.4 Å². The molecule has 15 heavy (non-hydrogen) atoms. The lowest BCUT2D eigenvalue weighted by Crippen LogP contribution is -2.28. The molecule has 0 saturated carbocycles. The topological polar surface area (TPSA) is 52.6 Å². The highest BCUT2D eigenvalue weighted by Crippen LogP contribution is 2.09. The number of hydrogen-bond donors (Lipinski definition) is 0. The highest BCUT2D eigenvalue weighted by molar-refractivity contribution is 6.73. The van der Waals surface area contributed by atoms with Gasteiger partial charge in [0.05, 0.1) is 7.11 Å². The molecular formula is C9H20O4Si2. The summed E-state index contributed by atoms with van der Waals surface area (Å²) in [6, 6.07) is 0.972. The van der Waals surface area contributed by atoms with Crippen LogP contribution in [-0.4, -0.2) is 38.2 Å². The Kier molecular flexibility index (Phi) is 10.9. The van der Waals surface area contributed by atoms with Crippen molar-refractivity contribution in [1.29, 1.82) is 0 Å². The number of ether oxygens (including phenoxy) is 1. The fraction of sp³-hybridized carbons (Fsp3) is 0.556. The van der Waals surface area contributed by atoms with E-state index in [0.29, 0.717) is 6.42 Å². The first-order valence-electron chi connectivity index (χ1n) is 4.62. The van der Waals surface area contributed by atoms with Crippen molar-refractivity contribution in [1.82, 2.24) is 0 Å². The van der Waals surface area contributed by atoms with E-state index < -0.39 is 14.3 Å². The van der Waals surface area contributed by atoms with Crippen molar-refractivity contribution >= 4 is 31.1 Å². The van der Waals surface area contributed by atoms with Crippen molar-refractivity contribution in [2.75, 3.05) is 7.11 Å². The number of carbonyl (C=O) groups excluding carboxylic acids is 2. The van der Waals surface area contributed by atoms with Gasteiger partial charge in [0.25, 0.3) is 0 Å². The van der Waals surface area contributed by atoms with Gasteiger partial charge in [0.2, 0.25) is 0 Å². The van der Waals surface area contributed by atoms with E-state index in [2.05, 4.69) is 24.4 Å². The van der Waals surface area contributed by atoms with E-state index in [9.17, 15) is 9.59 Å². The Morgan fingerprint density at radius 2 is 2.07 bits per heavy atom. The maximum atomic E-state index is 9.95. The number of aldehydes is 1. The molecule has 0 radical (unpaired) electrons. The summed E-state index contributed by atoms with van der Waals surface area (Å²) in [6.45, 7) is 7.44. The largest absolute Gasteiger partial charge is 0.466 e. The zero-order chi connectivity index (χ0) is 12.3. The van der Waals surface area contributed by atoms with Gasteiger partial charge in [0.15, 0.2) is 8.32 Å². The van der Waals surface area contributed by atoms with Crippen LogP contribution in [0.1, 0.15) is 6.42 Å². The lowest BCUT2D eigenvalue weighted by atomic mass is 10.6. The molecule has 0 rings (SSSR count). The summed E-state index contributed by atoms with van der Waals surface area (Å²) in [5.74, 6) is -0.394. The summed E-state index contributed by atoms with van der Waals surface area (Å²) in [4.78, 5) is 19.8. The molecule has 0 spiro atoms. The number of hydrogen-bond acceptors (Lipinski definition) is 4. The van der Waals surface area contributed by atoms with Crippen molar-refractivity contribution in [2.45, 2.75) is 25.6 Å². The van der Waals surface area contributed by atoms with Crippen molar-refractivity contribution in [3.63, 3.8) is 0 Å². The van der Waals surface area contributed by atoms with Gasteiger partial charge in [-0.15, -0.1) is 0 Å². The van der Waals surface area contributed by atoms with Crippen LogP contribution in [0.3, 0.4) is 0 Å². The maximum absolute atomic E-state index is 9.95. The predicted octanol–water partition coefficient (Wildman–Crippen LogP) is 0.423. The minimum atomic E-state index is -1.37. The second kappa shape index (κ2) is 9.81. The van der Waals surface area contributed by atoms with Crippen LogP contribution in [0, 0.1) is 0 Å². The van der Waals surface area contributed by atoms with E-state index in [1.165, 1.54) is 7.11 Å². The molecule has 0 aromatic carbocycles. The molecule has 0 aliphatic heterocycles. The van der Waals surface area contributed by atoms with Crippen LogP contribution in [-0.2, 0) is 18.4 Å². The minimum Gasteiger partial charge on any atom is -0.466 e. The zero-order valence-electron chi connectivity index (χ0n) is 9.91. The predicted molar refractivity (Wildman–Crippen MR) is 66.2 cm³/mol. The van der Waals surface area contributed by atoms with Gasteiger partial charge < -0.3 is 13.6 Å². The summed E-state index contributed by atoms with van der Waals surface area (Å²) < 4.78 is 9.50. The normalized spacial score (nSPS) is 9.80. The second-order valence-corrected chi connectivity index (χ2v) is 9.05. The molecule has 6 heteroatoms. The van der Waals surface area contributed by atoms with Crippen LogP contribution in [0.2, 0.25) is 19.1 Å². The molecule has 0 amide bonds. The Morgan fingerprint density at radius 3 is 2.27 bits per heavy atom. The molecule has 0 N–H and O–H groups in total. The Bertz CT molecular complexity index is 204. The number of carbonyl (C=O) groups is 2. The second-order valence-electron chi connectivity index (χ2n) is 3.40. The average Bonchev–Trinajstić information content (AvgIpc) is 2.26. The summed E-state index contributed by atoms with van der Waals surface area (Å²) in [7, 11) is 0.752. The fourth-order valence-electron chi connectivity index (χ4n) is 0.592. The standard InChI is InChI=1S/C5H14O2Si2.C4H6O2/c1-9(2,7-8)5-3-4-6;1-3-4(5)6-2/h4H,3,5H2,1-2,8H3;3H,1H2,2H3. The van der Waals surface area contributed by atoms with E-state index in [0.717, 1.165) is 28.9 Å². The SMILES string of the molecule is C=CC(=O)OC.C[Si](C)(CCC=O)O[SiH3]. The quantitative estimate of drug-likeness (QED) is 0.306. The van der Waals surface area contributed by atoms with Crippen LogP contribution >= 0.6 is 0 Å². The van der Waals surface area contributed by atoms with Gasteiger partial charge >= 0.3 is 5.97 Å². The van der Waals surface area contributed by atoms with E-state index in [-0.39, 0.29) is 0 Å². The lowest BCUT2D eigenvalue weighted by molar-refractivity contribution is -0.134. The van der Waals surface area contributed by atoms with E-state index in [1.54, 1.807) is 0 Å². The van der Waals surface area contributed by atoms with E-state index in [4.69, 9.17) is 4.12 Å². The van der Waals surface area contributed by atoms with Gasteiger partial charge in [-0.25, -0.2) is 4.79 Å². The number of methoxy groups -OCH3 is 1. The third-order valence-electron chi connectivity index (χ3n) is 1.78. The Hall–Kier alpha value is -0.726. The summed E-state index contributed by atoms with van der Waals surface area (Å²) in [5, 5.41) is 0. The molecule has 0 saturated heterocycles. The molecule has 0 aromatic heterocycles. The van der Waals surface area contributed by atoms with E-state index >= 15 is 0 Å². The highest BCUT2D eigenvalue weighted by atomic mass is 28.4. The Labute approximate surface area is 95.3 Å². The van der Waals surface area contributed by atoms with E-state index in [1.807, 2.05) is 0 Å². The molecule has 88 valence electrons. The Balaban J connectivity index is 0. The zero-order valence-corrected chi connectivity index (χ0v) is 12.9. The summed E-state index contributed by atoms with van der Waals surface area (Å²) in [6.07, 6.45) is 2.75. The first kappa shape index (κ1) is 16.7. The first-order valence-corrected chi connectivity index (χ1v) is 8.56. The average molecular weight is 248 g/mol. The highest BCUT2D eigenvalue weighted by Gasteiger charge is 2.17. The maximum Gasteiger partial charge on any atom is 0.329 e. The van der Waals surface area contributed by atoms with Crippen LogP contribution in [0.5, 0.6) is 0 Å². The van der Waals surface area contributed by atoms with Crippen molar-refractivity contribution in [3.8, 4) is 0 Å². The van der Waals surface area contributed by atoms with Gasteiger partial charge in [0, 0.05) is 12.5 Å². The summed E-state index contributed by atoms with van der Waals surface area (Å²) >= 11 is 0. The molecule has 4 nitrogen and oxygen atoms in total. The van der Waals surface area contributed by atoms with Gasteiger partial charge in [-0.3, -0.25) is 0 Å². The molecule has 0 fully saturated rings. The van der Waals surface area contributed by atoms with Gasteiger partial charge in [0.1, 0.15) is 16.8 Å².